The number of carboxylic acid groups (broad SMARTS) is 1. The van der Waals surface area contributed by atoms with Crippen LogP contribution in [0.25, 0.3) is 11.1 Å². The number of anilines is 1. The van der Waals surface area contributed by atoms with Gasteiger partial charge in [0.25, 0.3) is 11.8 Å². The van der Waals surface area contributed by atoms with Crippen molar-refractivity contribution in [2.75, 3.05) is 12.4 Å². The number of fused-ring (bicyclic) bond motifs is 1. The van der Waals surface area contributed by atoms with Gasteiger partial charge in [0.05, 0.1) is 12.7 Å². The van der Waals surface area contributed by atoms with Gasteiger partial charge in [-0.3, -0.25) is 9.59 Å². The summed E-state index contributed by atoms with van der Waals surface area (Å²) in [4.78, 5) is 38.8. The highest BCUT2D eigenvalue weighted by Gasteiger charge is 2.38. The number of amides is 2. The standard InChI is InChI=1S/C27H26N2O5/c1-16(2)24(27(32)33)29-15-19-9-8-18(14-22(19)26(29)31)17-10-12-20(13-11-17)28-25(30)21-6-4-5-7-23(21)34-3/h4-14,16,24H,15H2,1-3H3,(H,28,30)(H,32,33). The number of benzene rings is 3. The second-order valence-corrected chi connectivity index (χ2v) is 8.56. The zero-order valence-electron chi connectivity index (χ0n) is 19.2. The molecule has 1 atom stereocenters. The molecule has 0 aromatic heterocycles. The van der Waals surface area contributed by atoms with Crippen molar-refractivity contribution in [1.29, 1.82) is 0 Å². The highest BCUT2D eigenvalue weighted by Crippen LogP contribution is 2.31. The molecule has 7 heteroatoms. The molecule has 1 aliphatic heterocycles. The van der Waals surface area contributed by atoms with E-state index in [-0.39, 0.29) is 24.3 Å². The molecule has 34 heavy (non-hydrogen) atoms. The normalized spacial score (nSPS) is 13.5. The van der Waals surface area contributed by atoms with Crippen LogP contribution in [0.5, 0.6) is 5.75 Å². The summed E-state index contributed by atoms with van der Waals surface area (Å²) in [5.74, 6) is -1.24. The Labute approximate surface area is 198 Å². The van der Waals surface area contributed by atoms with E-state index in [1.54, 1.807) is 56.3 Å². The third kappa shape index (κ3) is 4.37. The van der Waals surface area contributed by atoms with Gasteiger partial charge in [-0.1, -0.05) is 50.2 Å². The molecular formula is C27H26N2O5. The molecule has 0 saturated heterocycles. The Bertz CT molecular complexity index is 1250. The van der Waals surface area contributed by atoms with E-state index in [1.165, 1.54) is 12.0 Å². The predicted octanol–water partition coefficient (Wildman–Crippen LogP) is 4.68. The topological polar surface area (TPSA) is 95.9 Å². The maximum Gasteiger partial charge on any atom is 0.326 e. The van der Waals surface area contributed by atoms with Crippen LogP contribution in [0.4, 0.5) is 5.69 Å². The quantitative estimate of drug-likeness (QED) is 0.536. The van der Waals surface area contributed by atoms with Crippen LogP contribution in [-0.2, 0) is 11.3 Å². The molecule has 0 saturated carbocycles. The maximum atomic E-state index is 13.0. The smallest absolute Gasteiger partial charge is 0.326 e. The van der Waals surface area contributed by atoms with Gasteiger partial charge in [0.1, 0.15) is 11.8 Å². The molecule has 4 rings (SSSR count). The summed E-state index contributed by atoms with van der Waals surface area (Å²) in [7, 11) is 1.52. The summed E-state index contributed by atoms with van der Waals surface area (Å²) in [5.41, 5.74) is 4.14. The zero-order chi connectivity index (χ0) is 24.4. The molecule has 1 unspecified atom stereocenters. The summed E-state index contributed by atoms with van der Waals surface area (Å²) >= 11 is 0. The lowest BCUT2D eigenvalue weighted by molar-refractivity contribution is -0.144. The van der Waals surface area contributed by atoms with Crippen molar-refractivity contribution in [3.63, 3.8) is 0 Å². The Kier molecular flexibility index (Phi) is 6.36. The molecule has 2 N–H and O–H groups in total. The van der Waals surface area contributed by atoms with Crippen LogP contribution >= 0.6 is 0 Å². The molecular weight excluding hydrogens is 432 g/mol. The molecule has 0 aliphatic carbocycles. The Morgan fingerprint density at radius 3 is 2.32 bits per heavy atom. The maximum absolute atomic E-state index is 13.0. The minimum absolute atomic E-state index is 0.200. The van der Waals surface area contributed by atoms with Gasteiger partial charge < -0.3 is 20.1 Å². The molecule has 0 fully saturated rings. The second kappa shape index (κ2) is 9.39. The number of carboxylic acids is 1. The summed E-state index contributed by atoms with van der Waals surface area (Å²) < 4.78 is 5.25. The molecule has 0 bridgehead atoms. The number of para-hydroxylation sites is 1. The van der Waals surface area contributed by atoms with Crippen molar-refractivity contribution in [2.24, 2.45) is 5.92 Å². The summed E-state index contributed by atoms with van der Waals surface area (Å²) in [5, 5.41) is 12.5. The third-order valence-corrected chi connectivity index (χ3v) is 5.99. The van der Waals surface area contributed by atoms with Crippen molar-refractivity contribution in [2.45, 2.75) is 26.4 Å². The van der Waals surface area contributed by atoms with E-state index in [0.29, 0.717) is 22.6 Å². The first kappa shape index (κ1) is 23.0. The van der Waals surface area contributed by atoms with Crippen molar-refractivity contribution in [1.82, 2.24) is 4.90 Å². The van der Waals surface area contributed by atoms with E-state index in [9.17, 15) is 19.5 Å². The molecule has 174 valence electrons. The minimum Gasteiger partial charge on any atom is -0.496 e. The van der Waals surface area contributed by atoms with Gasteiger partial charge >= 0.3 is 5.97 Å². The molecule has 2 amide bonds. The van der Waals surface area contributed by atoms with E-state index >= 15 is 0 Å². The van der Waals surface area contributed by atoms with E-state index < -0.39 is 12.0 Å². The molecule has 7 nitrogen and oxygen atoms in total. The van der Waals surface area contributed by atoms with Crippen molar-refractivity contribution < 1.29 is 24.2 Å². The van der Waals surface area contributed by atoms with Gasteiger partial charge in [-0.2, -0.15) is 0 Å². The Hall–Kier alpha value is -4.13. The number of carbonyl (C=O) groups excluding carboxylic acids is 2. The number of nitrogens with zero attached hydrogens (tertiary/aromatic N) is 1. The van der Waals surface area contributed by atoms with Crippen LogP contribution in [0, 0.1) is 5.92 Å². The zero-order valence-corrected chi connectivity index (χ0v) is 19.2. The number of carbonyl (C=O) groups is 3. The van der Waals surface area contributed by atoms with Gasteiger partial charge in [-0.25, -0.2) is 4.79 Å². The predicted molar refractivity (Wildman–Crippen MR) is 129 cm³/mol. The summed E-state index contributed by atoms with van der Waals surface area (Å²) in [6, 6.07) is 19.1. The Balaban J connectivity index is 1.52. The second-order valence-electron chi connectivity index (χ2n) is 8.56. The van der Waals surface area contributed by atoms with Gasteiger partial charge in [0.15, 0.2) is 0 Å². The fourth-order valence-corrected chi connectivity index (χ4v) is 4.28. The highest BCUT2D eigenvalue weighted by atomic mass is 16.5. The van der Waals surface area contributed by atoms with E-state index in [4.69, 9.17) is 4.74 Å². The lowest BCUT2D eigenvalue weighted by atomic mass is 10.00. The number of nitrogens with one attached hydrogen (secondary N) is 1. The summed E-state index contributed by atoms with van der Waals surface area (Å²) in [6.45, 7) is 3.89. The monoisotopic (exact) mass is 458 g/mol. The van der Waals surface area contributed by atoms with Crippen molar-refractivity contribution >= 4 is 23.5 Å². The molecule has 0 spiro atoms. The fourth-order valence-electron chi connectivity index (χ4n) is 4.28. The molecule has 0 radical (unpaired) electrons. The first-order valence-corrected chi connectivity index (χ1v) is 11.0. The third-order valence-electron chi connectivity index (χ3n) is 5.99. The number of methoxy groups -OCH3 is 1. The van der Waals surface area contributed by atoms with Crippen LogP contribution in [0.3, 0.4) is 0 Å². The first-order valence-electron chi connectivity index (χ1n) is 11.0. The first-order chi connectivity index (χ1) is 16.3. The fraction of sp³-hybridized carbons (Fsp3) is 0.222. The molecule has 1 heterocycles. The average molecular weight is 459 g/mol. The Morgan fingerprint density at radius 1 is 1.00 bits per heavy atom. The van der Waals surface area contributed by atoms with Gasteiger partial charge in [-0.15, -0.1) is 0 Å². The van der Waals surface area contributed by atoms with Crippen LogP contribution in [0.2, 0.25) is 0 Å². The van der Waals surface area contributed by atoms with Crippen LogP contribution < -0.4 is 10.1 Å². The van der Waals surface area contributed by atoms with E-state index in [0.717, 1.165) is 16.7 Å². The van der Waals surface area contributed by atoms with Crippen molar-refractivity contribution in [3.8, 4) is 16.9 Å². The molecule has 3 aromatic rings. The SMILES string of the molecule is COc1ccccc1C(=O)Nc1ccc(-c2ccc3c(c2)C(=O)N(C(C(=O)O)C(C)C)C3)cc1. The van der Waals surface area contributed by atoms with E-state index in [1.807, 2.05) is 24.3 Å². The number of hydrogen-bond donors (Lipinski definition) is 2. The minimum atomic E-state index is -0.998. The number of hydrogen-bond acceptors (Lipinski definition) is 4. The van der Waals surface area contributed by atoms with Crippen LogP contribution in [0.1, 0.15) is 40.1 Å². The number of aliphatic carboxylic acids is 1. The van der Waals surface area contributed by atoms with Crippen LogP contribution in [-0.4, -0.2) is 40.9 Å². The number of rotatable bonds is 7. The van der Waals surface area contributed by atoms with Gasteiger partial charge in [-0.05, 0) is 52.9 Å². The van der Waals surface area contributed by atoms with Gasteiger partial charge in [0, 0.05) is 17.8 Å². The van der Waals surface area contributed by atoms with E-state index in [2.05, 4.69) is 5.32 Å². The van der Waals surface area contributed by atoms with Gasteiger partial charge in [0.2, 0.25) is 0 Å². The molecule has 3 aromatic carbocycles. The lowest BCUT2D eigenvalue weighted by Gasteiger charge is -2.27. The van der Waals surface area contributed by atoms with Crippen LogP contribution in [0.15, 0.2) is 66.7 Å². The largest absolute Gasteiger partial charge is 0.496 e. The highest BCUT2D eigenvalue weighted by molar-refractivity contribution is 6.06. The van der Waals surface area contributed by atoms with Crippen molar-refractivity contribution in [3.05, 3.63) is 83.4 Å². The number of ether oxygens (including phenoxy) is 1. The Morgan fingerprint density at radius 2 is 1.68 bits per heavy atom. The molecule has 1 aliphatic rings. The summed E-state index contributed by atoms with van der Waals surface area (Å²) in [6.07, 6.45) is 0. The lowest BCUT2D eigenvalue weighted by Crippen LogP contribution is -2.44. The average Bonchev–Trinajstić information content (AvgIpc) is 3.14.